The minimum Gasteiger partial charge on any atom is -0.347 e. The average molecular weight is 368 g/mol. The van der Waals surface area contributed by atoms with Crippen LogP contribution in [-0.2, 0) is 23.1 Å². The molecule has 27 heavy (non-hydrogen) atoms. The summed E-state index contributed by atoms with van der Waals surface area (Å²) in [4.78, 5) is 26.5. The van der Waals surface area contributed by atoms with Crippen LogP contribution in [0.2, 0.25) is 0 Å². The Morgan fingerprint density at radius 1 is 1.26 bits per heavy atom. The first kappa shape index (κ1) is 19.1. The minimum absolute atomic E-state index is 0.00171. The number of rotatable bonds is 7. The van der Waals surface area contributed by atoms with Gasteiger partial charge in [0.2, 0.25) is 11.8 Å². The Morgan fingerprint density at radius 3 is 2.59 bits per heavy atom. The van der Waals surface area contributed by atoms with E-state index in [1.165, 1.54) is 0 Å². The Balaban J connectivity index is 1.66. The highest BCUT2D eigenvalue weighted by Gasteiger charge is 2.25. The van der Waals surface area contributed by atoms with Crippen LogP contribution in [0.4, 0.5) is 0 Å². The topological polar surface area (TPSA) is 67.2 Å². The van der Waals surface area contributed by atoms with Crippen molar-refractivity contribution in [3.8, 4) is 0 Å². The van der Waals surface area contributed by atoms with Crippen LogP contribution in [-0.4, -0.2) is 39.6 Å². The highest BCUT2D eigenvalue weighted by molar-refractivity contribution is 5.79. The summed E-state index contributed by atoms with van der Waals surface area (Å²) in [5.74, 6) is 0.171. The lowest BCUT2D eigenvalue weighted by Crippen LogP contribution is -2.38. The average Bonchev–Trinajstić information content (AvgIpc) is 3.16. The van der Waals surface area contributed by atoms with E-state index in [0.29, 0.717) is 25.8 Å². The predicted octanol–water partition coefficient (Wildman–Crippen LogP) is 2.45. The standard InChI is InChI=1S/C21H28N4O2/c1-15-18(16(2)24(3)23-15)11-12-20(26)22-19(17-8-5-4-6-9-17)14-25-13-7-10-21(25)27/h4-6,8-9,19H,7,10-14H2,1-3H3,(H,22,26)/t19-/m0/s1. The zero-order chi connectivity index (χ0) is 19.4. The highest BCUT2D eigenvalue weighted by Crippen LogP contribution is 2.19. The molecule has 1 saturated heterocycles. The number of hydrogen-bond donors (Lipinski definition) is 1. The van der Waals surface area contributed by atoms with Crippen LogP contribution in [0.3, 0.4) is 0 Å². The Bertz CT molecular complexity index is 813. The zero-order valence-corrected chi connectivity index (χ0v) is 16.4. The van der Waals surface area contributed by atoms with Gasteiger partial charge in [-0.1, -0.05) is 30.3 Å². The minimum atomic E-state index is -0.183. The number of hydrogen-bond acceptors (Lipinski definition) is 3. The molecule has 6 heteroatoms. The molecule has 1 aromatic heterocycles. The summed E-state index contributed by atoms with van der Waals surface area (Å²) in [6.07, 6.45) is 2.58. The quantitative estimate of drug-likeness (QED) is 0.816. The number of amides is 2. The van der Waals surface area contributed by atoms with E-state index < -0.39 is 0 Å². The molecule has 0 bridgehead atoms. The van der Waals surface area contributed by atoms with Crippen molar-refractivity contribution in [2.75, 3.05) is 13.1 Å². The molecule has 0 spiro atoms. The molecule has 144 valence electrons. The van der Waals surface area contributed by atoms with Gasteiger partial charge in [0, 0.05) is 38.7 Å². The van der Waals surface area contributed by atoms with Crippen molar-refractivity contribution >= 4 is 11.8 Å². The van der Waals surface area contributed by atoms with Crippen molar-refractivity contribution in [2.45, 2.75) is 45.6 Å². The molecule has 1 aromatic carbocycles. The third kappa shape index (κ3) is 4.56. The molecule has 0 aliphatic carbocycles. The molecule has 2 aromatic rings. The number of nitrogens with zero attached hydrogens (tertiary/aromatic N) is 3. The van der Waals surface area contributed by atoms with Gasteiger partial charge >= 0.3 is 0 Å². The molecular weight excluding hydrogens is 340 g/mol. The van der Waals surface area contributed by atoms with E-state index in [9.17, 15) is 9.59 Å². The number of aromatic nitrogens is 2. The Hall–Kier alpha value is -2.63. The molecule has 1 aliphatic rings. The summed E-state index contributed by atoms with van der Waals surface area (Å²) in [7, 11) is 1.92. The first-order valence-electron chi connectivity index (χ1n) is 9.57. The maximum atomic E-state index is 12.6. The molecule has 1 aliphatic heterocycles. The summed E-state index contributed by atoms with van der Waals surface area (Å²) < 4.78 is 1.86. The molecule has 0 saturated carbocycles. The van der Waals surface area contributed by atoms with E-state index in [1.54, 1.807) is 0 Å². The third-order valence-corrected chi connectivity index (χ3v) is 5.37. The molecular formula is C21H28N4O2. The van der Waals surface area contributed by atoms with Crippen molar-refractivity contribution < 1.29 is 9.59 Å². The lowest BCUT2D eigenvalue weighted by atomic mass is 10.0. The maximum absolute atomic E-state index is 12.6. The van der Waals surface area contributed by atoms with Crippen LogP contribution < -0.4 is 5.32 Å². The van der Waals surface area contributed by atoms with Gasteiger partial charge in [0.25, 0.3) is 0 Å². The molecule has 2 heterocycles. The van der Waals surface area contributed by atoms with Gasteiger partial charge in [-0.25, -0.2) is 0 Å². The van der Waals surface area contributed by atoms with Crippen molar-refractivity contribution in [2.24, 2.45) is 7.05 Å². The highest BCUT2D eigenvalue weighted by atomic mass is 16.2. The van der Waals surface area contributed by atoms with Gasteiger partial charge in [-0.3, -0.25) is 14.3 Å². The Morgan fingerprint density at radius 2 is 2.00 bits per heavy atom. The summed E-state index contributed by atoms with van der Waals surface area (Å²) in [6, 6.07) is 9.70. The molecule has 1 fully saturated rings. The number of carbonyl (C=O) groups excluding carboxylic acids is 2. The van der Waals surface area contributed by atoms with Crippen molar-refractivity contribution in [1.82, 2.24) is 20.0 Å². The summed E-state index contributed by atoms with van der Waals surface area (Å²) in [5.41, 5.74) is 4.24. The van der Waals surface area contributed by atoms with Crippen LogP contribution in [0, 0.1) is 13.8 Å². The number of nitrogens with one attached hydrogen (secondary N) is 1. The third-order valence-electron chi connectivity index (χ3n) is 5.37. The largest absolute Gasteiger partial charge is 0.347 e. The number of likely N-dealkylation sites (tertiary alicyclic amines) is 1. The van der Waals surface area contributed by atoms with Gasteiger partial charge in [0.1, 0.15) is 0 Å². The Labute approximate surface area is 160 Å². The van der Waals surface area contributed by atoms with Crippen molar-refractivity contribution in [1.29, 1.82) is 0 Å². The maximum Gasteiger partial charge on any atom is 0.222 e. The molecule has 0 unspecified atom stereocenters. The first-order valence-corrected chi connectivity index (χ1v) is 9.57. The van der Waals surface area contributed by atoms with Crippen LogP contribution in [0.5, 0.6) is 0 Å². The van der Waals surface area contributed by atoms with Crippen LogP contribution in [0.15, 0.2) is 30.3 Å². The van der Waals surface area contributed by atoms with E-state index in [2.05, 4.69) is 10.4 Å². The normalized spacial score (nSPS) is 15.2. The summed E-state index contributed by atoms with van der Waals surface area (Å²) >= 11 is 0. The smallest absolute Gasteiger partial charge is 0.222 e. The second kappa shape index (κ2) is 8.37. The van der Waals surface area contributed by atoms with E-state index in [0.717, 1.165) is 35.5 Å². The lowest BCUT2D eigenvalue weighted by Gasteiger charge is -2.25. The molecule has 1 N–H and O–H groups in total. The molecule has 2 amide bonds. The first-order chi connectivity index (χ1) is 13.0. The van der Waals surface area contributed by atoms with E-state index in [1.807, 2.05) is 60.8 Å². The lowest BCUT2D eigenvalue weighted by molar-refractivity contribution is -0.129. The summed E-state index contributed by atoms with van der Waals surface area (Å²) in [5, 5.41) is 7.55. The van der Waals surface area contributed by atoms with Gasteiger partial charge < -0.3 is 10.2 Å². The summed E-state index contributed by atoms with van der Waals surface area (Å²) in [6.45, 7) is 5.30. The monoisotopic (exact) mass is 368 g/mol. The fraction of sp³-hybridized carbons (Fsp3) is 0.476. The SMILES string of the molecule is Cc1nn(C)c(C)c1CCC(=O)N[C@@H](CN1CCCC1=O)c1ccccc1. The fourth-order valence-electron chi connectivity index (χ4n) is 3.72. The molecule has 0 radical (unpaired) electrons. The van der Waals surface area contributed by atoms with Crippen molar-refractivity contribution in [3.05, 3.63) is 52.8 Å². The number of carbonyl (C=O) groups is 2. The number of benzene rings is 1. The van der Waals surface area contributed by atoms with Gasteiger partial charge in [-0.2, -0.15) is 5.10 Å². The fourth-order valence-corrected chi connectivity index (χ4v) is 3.72. The molecule has 1 atom stereocenters. The van der Waals surface area contributed by atoms with E-state index in [4.69, 9.17) is 0 Å². The molecule has 6 nitrogen and oxygen atoms in total. The van der Waals surface area contributed by atoms with Gasteiger partial charge in [0.15, 0.2) is 0 Å². The van der Waals surface area contributed by atoms with Gasteiger partial charge in [0.05, 0.1) is 11.7 Å². The van der Waals surface area contributed by atoms with Crippen molar-refractivity contribution in [3.63, 3.8) is 0 Å². The van der Waals surface area contributed by atoms with Gasteiger partial charge in [-0.15, -0.1) is 0 Å². The van der Waals surface area contributed by atoms with Crippen LogP contribution >= 0.6 is 0 Å². The second-order valence-electron chi connectivity index (χ2n) is 7.25. The molecule has 3 rings (SSSR count). The van der Waals surface area contributed by atoms with E-state index in [-0.39, 0.29) is 17.9 Å². The zero-order valence-electron chi connectivity index (χ0n) is 16.4. The number of aryl methyl sites for hydroxylation is 2. The van der Waals surface area contributed by atoms with Crippen LogP contribution in [0.25, 0.3) is 0 Å². The predicted molar refractivity (Wildman–Crippen MR) is 104 cm³/mol. The Kier molecular flexibility index (Phi) is 5.94. The van der Waals surface area contributed by atoms with Crippen LogP contribution in [0.1, 0.15) is 47.8 Å². The van der Waals surface area contributed by atoms with E-state index >= 15 is 0 Å². The second-order valence-corrected chi connectivity index (χ2v) is 7.25. The van der Waals surface area contributed by atoms with Gasteiger partial charge in [-0.05, 0) is 37.8 Å².